The van der Waals surface area contributed by atoms with Crippen LogP contribution in [0.15, 0.2) is 0 Å². The molecule has 0 saturated carbocycles. The van der Waals surface area contributed by atoms with E-state index < -0.39 is 31.3 Å². The Hall–Kier alpha value is -1.14. The fourth-order valence-electron chi connectivity index (χ4n) is 0.621. The Labute approximate surface area is 75.1 Å². The van der Waals surface area contributed by atoms with E-state index in [1.165, 1.54) is 0 Å². The van der Waals surface area contributed by atoms with Gasteiger partial charge in [-0.1, -0.05) is 0 Å². The van der Waals surface area contributed by atoms with E-state index in [1.54, 1.807) is 6.92 Å². The lowest BCUT2D eigenvalue weighted by atomic mass is 10.2. The van der Waals surface area contributed by atoms with Crippen LogP contribution in [-0.2, 0) is 19.1 Å². The summed E-state index contributed by atoms with van der Waals surface area (Å²) in [5, 5.41) is 17.1. The summed E-state index contributed by atoms with van der Waals surface area (Å²) in [5.74, 6) is -1.74. The molecular formula is C7H12O6. The maximum atomic E-state index is 10.7. The van der Waals surface area contributed by atoms with Gasteiger partial charge in [0, 0.05) is 0 Å². The number of carbonyl (C=O) groups excluding carboxylic acids is 2. The third-order valence-corrected chi connectivity index (χ3v) is 1.14. The normalized spacial score (nSPS) is 11.9. The van der Waals surface area contributed by atoms with Crippen molar-refractivity contribution in [3.63, 3.8) is 0 Å². The first-order valence-electron chi connectivity index (χ1n) is 3.73. The summed E-state index contributed by atoms with van der Waals surface area (Å²) < 4.78 is 8.51. The van der Waals surface area contributed by atoms with E-state index in [4.69, 9.17) is 10.2 Å². The topological polar surface area (TPSA) is 93.1 Å². The molecule has 0 fully saturated rings. The Morgan fingerprint density at radius 3 is 2.46 bits per heavy atom. The fourth-order valence-corrected chi connectivity index (χ4v) is 0.621. The van der Waals surface area contributed by atoms with Gasteiger partial charge in [0.25, 0.3) is 0 Å². The number of rotatable bonds is 5. The molecule has 0 aromatic rings. The zero-order chi connectivity index (χ0) is 10.3. The first-order chi connectivity index (χ1) is 6.11. The molecule has 0 radical (unpaired) electrons. The number of hydrogen-bond acceptors (Lipinski definition) is 6. The molecular weight excluding hydrogens is 180 g/mol. The highest BCUT2D eigenvalue weighted by Crippen LogP contribution is 1.97. The highest BCUT2D eigenvalue weighted by atomic mass is 16.6. The first-order valence-corrected chi connectivity index (χ1v) is 3.73. The van der Waals surface area contributed by atoms with E-state index in [2.05, 4.69) is 9.47 Å². The minimum Gasteiger partial charge on any atom is -0.466 e. The lowest BCUT2D eigenvalue weighted by molar-refractivity contribution is -0.166. The number of carbonyl (C=O) groups is 2. The highest BCUT2D eigenvalue weighted by Gasteiger charge is 2.20. The van der Waals surface area contributed by atoms with Crippen molar-refractivity contribution in [3.05, 3.63) is 0 Å². The standard InChI is InChI=1S/C7H12O6/c1-2-12-6(10)3-5(9)7(11)13-4-8/h5,8-9H,2-4H2,1H3/t5-/m0/s1. The lowest BCUT2D eigenvalue weighted by Crippen LogP contribution is -2.27. The lowest BCUT2D eigenvalue weighted by Gasteiger charge is -2.07. The van der Waals surface area contributed by atoms with Gasteiger partial charge in [0.1, 0.15) is 0 Å². The second-order valence-electron chi connectivity index (χ2n) is 2.12. The van der Waals surface area contributed by atoms with Crippen molar-refractivity contribution in [3.8, 4) is 0 Å². The van der Waals surface area contributed by atoms with Crippen molar-refractivity contribution in [2.24, 2.45) is 0 Å². The first kappa shape index (κ1) is 11.9. The monoisotopic (exact) mass is 192 g/mol. The van der Waals surface area contributed by atoms with Crippen molar-refractivity contribution in [2.75, 3.05) is 13.4 Å². The van der Waals surface area contributed by atoms with E-state index in [9.17, 15) is 9.59 Å². The van der Waals surface area contributed by atoms with Gasteiger partial charge in [-0.3, -0.25) is 4.79 Å². The average Bonchev–Trinajstić information content (AvgIpc) is 2.05. The van der Waals surface area contributed by atoms with Crippen LogP contribution in [-0.4, -0.2) is 41.7 Å². The second kappa shape index (κ2) is 6.38. The van der Waals surface area contributed by atoms with Gasteiger partial charge in [-0.05, 0) is 6.92 Å². The number of hydrogen-bond donors (Lipinski definition) is 2. The summed E-state index contributed by atoms with van der Waals surface area (Å²) in [5.41, 5.74) is 0. The largest absolute Gasteiger partial charge is 0.466 e. The van der Waals surface area contributed by atoms with E-state index in [-0.39, 0.29) is 6.61 Å². The zero-order valence-electron chi connectivity index (χ0n) is 7.23. The van der Waals surface area contributed by atoms with Crippen LogP contribution >= 0.6 is 0 Å². The molecule has 76 valence electrons. The quantitative estimate of drug-likeness (QED) is 0.419. The van der Waals surface area contributed by atoms with Crippen molar-refractivity contribution < 1.29 is 29.3 Å². The predicted octanol–water partition coefficient (Wildman–Crippen LogP) is -1.21. The SMILES string of the molecule is CCOC(=O)C[C@H](O)C(=O)OCO. The van der Waals surface area contributed by atoms with Crippen LogP contribution in [0, 0.1) is 0 Å². The van der Waals surface area contributed by atoms with Crippen molar-refractivity contribution >= 4 is 11.9 Å². The zero-order valence-corrected chi connectivity index (χ0v) is 7.23. The number of esters is 2. The number of aliphatic hydroxyl groups excluding tert-OH is 2. The van der Waals surface area contributed by atoms with E-state index in [0.717, 1.165) is 0 Å². The van der Waals surface area contributed by atoms with Gasteiger partial charge < -0.3 is 19.7 Å². The second-order valence-corrected chi connectivity index (χ2v) is 2.12. The highest BCUT2D eigenvalue weighted by molar-refractivity contribution is 5.81. The molecule has 1 atom stereocenters. The van der Waals surface area contributed by atoms with E-state index in [0.29, 0.717) is 0 Å². The molecule has 0 unspecified atom stereocenters. The third kappa shape index (κ3) is 5.15. The van der Waals surface area contributed by atoms with Crippen molar-refractivity contribution in [2.45, 2.75) is 19.4 Å². The van der Waals surface area contributed by atoms with Crippen LogP contribution in [0.25, 0.3) is 0 Å². The van der Waals surface area contributed by atoms with Crippen LogP contribution in [0.4, 0.5) is 0 Å². The van der Waals surface area contributed by atoms with Crippen LogP contribution in [0.2, 0.25) is 0 Å². The molecule has 0 aromatic heterocycles. The minimum atomic E-state index is -1.58. The molecule has 0 heterocycles. The minimum absolute atomic E-state index is 0.181. The van der Waals surface area contributed by atoms with Gasteiger partial charge in [-0.15, -0.1) is 0 Å². The van der Waals surface area contributed by atoms with Crippen molar-refractivity contribution in [1.82, 2.24) is 0 Å². The van der Waals surface area contributed by atoms with Crippen molar-refractivity contribution in [1.29, 1.82) is 0 Å². The van der Waals surface area contributed by atoms with Gasteiger partial charge >= 0.3 is 11.9 Å². The molecule has 0 aliphatic heterocycles. The smallest absolute Gasteiger partial charge is 0.337 e. The summed E-state index contributed by atoms with van der Waals surface area (Å²) in [4.78, 5) is 21.4. The molecule has 0 aliphatic carbocycles. The van der Waals surface area contributed by atoms with E-state index >= 15 is 0 Å². The van der Waals surface area contributed by atoms with Crippen LogP contribution in [0.3, 0.4) is 0 Å². The van der Waals surface area contributed by atoms with Gasteiger partial charge in [-0.25, -0.2) is 4.79 Å². The Morgan fingerprint density at radius 1 is 1.38 bits per heavy atom. The number of ether oxygens (including phenoxy) is 2. The molecule has 0 rings (SSSR count). The average molecular weight is 192 g/mol. The molecule has 0 bridgehead atoms. The predicted molar refractivity (Wildman–Crippen MR) is 40.4 cm³/mol. The molecule has 0 spiro atoms. The molecule has 6 heteroatoms. The fraction of sp³-hybridized carbons (Fsp3) is 0.714. The summed E-state index contributed by atoms with van der Waals surface area (Å²) in [7, 11) is 0. The summed E-state index contributed by atoms with van der Waals surface area (Å²) in [6, 6.07) is 0. The maximum absolute atomic E-state index is 10.7. The van der Waals surface area contributed by atoms with Crippen LogP contribution < -0.4 is 0 Å². The Bertz CT molecular complexity index is 178. The summed E-state index contributed by atoms with van der Waals surface area (Å²) in [6.45, 7) is 0.968. The molecule has 0 aliphatic rings. The van der Waals surface area contributed by atoms with Gasteiger partial charge in [0.05, 0.1) is 13.0 Å². The van der Waals surface area contributed by atoms with Gasteiger partial charge in [0.2, 0.25) is 0 Å². The molecule has 6 nitrogen and oxygen atoms in total. The summed E-state index contributed by atoms with van der Waals surface area (Å²) >= 11 is 0. The maximum Gasteiger partial charge on any atom is 0.337 e. The van der Waals surface area contributed by atoms with Crippen LogP contribution in [0.5, 0.6) is 0 Å². The third-order valence-electron chi connectivity index (χ3n) is 1.14. The van der Waals surface area contributed by atoms with Crippen LogP contribution in [0.1, 0.15) is 13.3 Å². The molecule has 0 saturated heterocycles. The molecule has 2 N–H and O–H groups in total. The van der Waals surface area contributed by atoms with Gasteiger partial charge in [0.15, 0.2) is 12.9 Å². The molecule has 13 heavy (non-hydrogen) atoms. The number of aliphatic hydroxyl groups is 2. The summed E-state index contributed by atoms with van der Waals surface area (Å²) in [6.07, 6.45) is -2.04. The van der Waals surface area contributed by atoms with E-state index in [1.807, 2.05) is 0 Å². The molecule has 0 amide bonds. The van der Waals surface area contributed by atoms with Gasteiger partial charge in [-0.2, -0.15) is 0 Å². The Kier molecular flexibility index (Phi) is 5.82. The molecule has 0 aromatic carbocycles. The Balaban J connectivity index is 3.78. The Morgan fingerprint density at radius 2 is 2.00 bits per heavy atom.